The Labute approximate surface area is 141 Å². The average Bonchev–Trinajstić information content (AvgIpc) is 2.83. The van der Waals surface area contributed by atoms with Gasteiger partial charge in [0.25, 0.3) is 0 Å². The standard InChI is InChI=1S/C20H21NO3/c1-13(2)20-15(11-18(23)24)19-16(9-6-10-17(19)22)21(20)12-14-7-4-3-5-8-14/h3-10,13,22H,11-12H2,1-2H3,(H,23,24). The minimum Gasteiger partial charge on any atom is -0.507 e. The van der Waals surface area contributed by atoms with E-state index in [1.807, 2.05) is 24.3 Å². The molecule has 0 aliphatic rings. The summed E-state index contributed by atoms with van der Waals surface area (Å²) in [5.74, 6) is -0.605. The second-order valence-electron chi connectivity index (χ2n) is 6.33. The first-order valence-electron chi connectivity index (χ1n) is 8.07. The molecule has 24 heavy (non-hydrogen) atoms. The van der Waals surface area contributed by atoms with Crippen molar-refractivity contribution in [3.05, 3.63) is 65.4 Å². The Morgan fingerprint density at radius 1 is 1.08 bits per heavy atom. The van der Waals surface area contributed by atoms with Gasteiger partial charge in [-0.25, -0.2) is 0 Å². The maximum atomic E-state index is 11.4. The topological polar surface area (TPSA) is 62.5 Å². The van der Waals surface area contributed by atoms with Gasteiger partial charge < -0.3 is 14.8 Å². The normalized spacial score (nSPS) is 11.3. The zero-order chi connectivity index (χ0) is 17.3. The minimum atomic E-state index is -0.890. The number of phenolic OH excluding ortho intramolecular Hbond substituents is 1. The molecule has 1 aromatic heterocycles. The number of rotatable bonds is 5. The van der Waals surface area contributed by atoms with Crippen LogP contribution in [-0.4, -0.2) is 20.7 Å². The van der Waals surface area contributed by atoms with Crippen LogP contribution in [0.3, 0.4) is 0 Å². The molecule has 0 atom stereocenters. The quantitative estimate of drug-likeness (QED) is 0.741. The van der Waals surface area contributed by atoms with E-state index in [1.165, 1.54) is 0 Å². The zero-order valence-electron chi connectivity index (χ0n) is 13.9. The van der Waals surface area contributed by atoms with Gasteiger partial charge in [-0.1, -0.05) is 50.2 Å². The third-order valence-corrected chi connectivity index (χ3v) is 4.27. The predicted molar refractivity (Wildman–Crippen MR) is 94.6 cm³/mol. The van der Waals surface area contributed by atoms with Crippen LogP contribution in [0.15, 0.2) is 48.5 Å². The summed E-state index contributed by atoms with van der Waals surface area (Å²) >= 11 is 0. The van der Waals surface area contributed by atoms with E-state index in [2.05, 4.69) is 30.5 Å². The summed E-state index contributed by atoms with van der Waals surface area (Å²) in [6.07, 6.45) is -0.0939. The number of benzene rings is 2. The Hall–Kier alpha value is -2.75. The van der Waals surface area contributed by atoms with Gasteiger partial charge >= 0.3 is 5.97 Å². The molecule has 1 heterocycles. The molecule has 4 heteroatoms. The Balaban J connectivity index is 2.28. The van der Waals surface area contributed by atoms with Gasteiger partial charge in [-0.05, 0) is 29.2 Å². The number of hydrogen-bond acceptors (Lipinski definition) is 2. The van der Waals surface area contributed by atoms with Crippen LogP contribution in [0, 0.1) is 0 Å². The lowest BCUT2D eigenvalue weighted by Gasteiger charge is -2.15. The number of nitrogens with zero attached hydrogens (tertiary/aromatic N) is 1. The number of carboxylic acid groups (broad SMARTS) is 1. The zero-order valence-corrected chi connectivity index (χ0v) is 13.9. The Morgan fingerprint density at radius 2 is 1.79 bits per heavy atom. The van der Waals surface area contributed by atoms with Crippen LogP contribution in [0.2, 0.25) is 0 Å². The smallest absolute Gasteiger partial charge is 0.307 e. The van der Waals surface area contributed by atoms with Crippen LogP contribution in [0.25, 0.3) is 10.9 Å². The first-order valence-corrected chi connectivity index (χ1v) is 8.07. The van der Waals surface area contributed by atoms with Gasteiger partial charge in [0.15, 0.2) is 0 Å². The van der Waals surface area contributed by atoms with E-state index in [-0.39, 0.29) is 18.1 Å². The van der Waals surface area contributed by atoms with E-state index in [0.29, 0.717) is 17.5 Å². The summed E-state index contributed by atoms with van der Waals surface area (Å²) in [6.45, 7) is 4.75. The minimum absolute atomic E-state index is 0.0939. The number of hydrogen-bond donors (Lipinski definition) is 2. The van der Waals surface area contributed by atoms with Gasteiger partial charge in [-0.2, -0.15) is 0 Å². The number of aromatic hydroxyl groups is 1. The fourth-order valence-electron chi connectivity index (χ4n) is 3.41. The lowest BCUT2D eigenvalue weighted by atomic mass is 10.0. The van der Waals surface area contributed by atoms with Gasteiger partial charge in [0.2, 0.25) is 0 Å². The molecule has 0 unspecified atom stereocenters. The summed E-state index contributed by atoms with van der Waals surface area (Å²) < 4.78 is 2.13. The molecule has 4 nitrogen and oxygen atoms in total. The number of phenols is 1. The van der Waals surface area contributed by atoms with Crippen LogP contribution >= 0.6 is 0 Å². The van der Waals surface area contributed by atoms with Gasteiger partial charge in [0.05, 0.1) is 11.9 Å². The third kappa shape index (κ3) is 2.87. The fourth-order valence-corrected chi connectivity index (χ4v) is 3.41. The average molecular weight is 323 g/mol. The molecule has 0 saturated heterocycles. The Morgan fingerprint density at radius 3 is 2.42 bits per heavy atom. The highest BCUT2D eigenvalue weighted by Gasteiger charge is 2.23. The molecule has 0 aliphatic carbocycles. The van der Waals surface area contributed by atoms with Crippen molar-refractivity contribution in [3.8, 4) is 5.75 Å². The number of aliphatic carboxylic acids is 1. The molecule has 0 radical (unpaired) electrons. The highest BCUT2D eigenvalue weighted by atomic mass is 16.4. The van der Waals surface area contributed by atoms with Crippen LogP contribution in [0.5, 0.6) is 5.75 Å². The summed E-state index contributed by atoms with van der Waals surface area (Å²) in [6, 6.07) is 15.4. The summed E-state index contributed by atoms with van der Waals surface area (Å²) in [7, 11) is 0. The van der Waals surface area contributed by atoms with Crippen LogP contribution in [-0.2, 0) is 17.8 Å². The fraction of sp³-hybridized carbons (Fsp3) is 0.250. The maximum absolute atomic E-state index is 11.4. The van der Waals surface area contributed by atoms with Crippen molar-refractivity contribution in [2.45, 2.75) is 32.7 Å². The molecule has 3 rings (SSSR count). The number of aromatic nitrogens is 1. The SMILES string of the molecule is CC(C)c1c(CC(=O)O)c2c(O)cccc2n1Cc1ccccc1. The van der Waals surface area contributed by atoms with Gasteiger partial charge in [-0.15, -0.1) is 0 Å². The van der Waals surface area contributed by atoms with Crippen molar-refractivity contribution in [2.75, 3.05) is 0 Å². The molecule has 3 aromatic rings. The molecule has 124 valence electrons. The first-order chi connectivity index (χ1) is 11.5. The molecular formula is C20H21NO3. The van der Waals surface area contributed by atoms with Crippen LogP contribution in [0.1, 0.15) is 36.6 Å². The summed E-state index contributed by atoms with van der Waals surface area (Å²) in [5.41, 5.74) is 3.69. The maximum Gasteiger partial charge on any atom is 0.307 e. The number of carboxylic acids is 1. The summed E-state index contributed by atoms with van der Waals surface area (Å²) in [5, 5.41) is 20.3. The molecule has 0 aliphatic heterocycles. The van der Waals surface area contributed by atoms with Crippen molar-refractivity contribution in [2.24, 2.45) is 0 Å². The van der Waals surface area contributed by atoms with Gasteiger partial charge in [-0.3, -0.25) is 4.79 Å². The second kappa shape index (κ2) is 6.40. The van der Waals surface area contributed by atoms with Gasteiger partial charge in [0.1, 0.15) is 5.75 Å². The Bertz CT molecular complexity index is 879. The third-order valence-electron chi connectivity index (χ3n) is 4.27. The van der Waals surface area contributed by atoms with E-state index in [4.69, 9.17) is 0 Å². The van der Waals surface area contributed by atoms with E-state index in [0.717, 1.165) is 16.8 Å². The van der Waals surface area contributed by atoms with Gasteiger partial charge in [0, 0.05) is 17.6 Å². The Kier molecular flexibility index (Phi) is 4.30. The summed E-state index contributed by atoms with van der Waals surface area (Å²) in [4.78, 5) is 11.4. The van der Waals surface area contributed by atoms with Crippen molar-refractivity contribution in [1.82, 2.24) is 4.57 Å². The highest BCUT2D eigenvalue weighted by molar-refractivity contribution is 5.94. The molecular weight excluding hydrogens is 302 g/mol. The van der Waals surface area contributed by atoms with Crippen molar-refractivity contribution in [3.63, 3.8) is 0 Å². The van der Waals surface area contributed by atoms with E-state index >= 15 is 0 Å². The van der Waals surface area contributed by atoms with E-state index in [9.17, 15) is 15.0 Å². The molecule has 0 spiro atoms. The highest BCUT2D eigenvalue weighted by Crippen LogP contribution is 2.37. The molecule has 0 amide bonds. The number of carbonyl (C=O) groups is 1. The van der Waals surface area contributed by atoms with Crippen molar-refractivity contribution >= 4 is 16.9 Å². The number of fused-ring (bicyclic) bond motifs is 1. The molecule has 0 bridgehead atoms. The van der Waals surface area contributed by atoms with Crippen LogP contribution < -0.4 is 0 Å². The predicted octanol–water partition coefficient (Wildman–Crippen LogP) is 4.15. The largest absolute Gasteiger partial charge is 0.507 e. The van der Waals surface area contributed by atoms with E-state index < -0.39 is 5.97 Å². The second-order valence-corrected chi connectivity index (χ2v) is 6.33. The first kappa shape index (κ1) is 16.1. The van der Waals surface area contributed by atoms with Crippen molar-refractivity contribution < 1.29 is 15.0 Å². The lowest BCUT2D eigenvalue weighted by Crippen LogP contribution is -2.09. The van der Waals surface area contributed by atoms with Crippen molar-refractivity contribution in [1.29, 1.82) is 0 Å². The molecule has 0 saturated carbocycles. The molecule has 2 N–H and O–H groups in total. The molecule has 2 aromatic carbocycles. The molecule has 0 fully saturated rings. The monoisotopic (exact) mass is 323 g/mol. The lowest BCUT2D eigenvalue weighted by molar-refractivity contribution is -0.136. The van der Waals surface area contributed by atoms with E-state index in [1.54, 1.807) is 12.1 Å². The van der Waals surface area contributed by atoms with Crippen LogP contribution in [0.4, 0.5) is 0 Å².